The maximum atomic E-state index is 13.5. The zero-order chi connectivity index (χ0) is 12.3. The van der Waals surface area contributed by atoms with Gasteiger partial charge in [-0.15, -0.1) is 0 Å². The third kappa shape index (κ3) is 2.62. The van der Waals surface area contributed by atoms with Gasteiger partial charge >= 0.3 is 0 Å². The maximum absolute atomic E-state index is 13.5. The third-order valence-corrected chi connectivity index (χ3v) is 2.25. The zero-order valence-electron chi connectivity index (χ0n) is 9.24. The molecule has 0 fully saturated rings. The van der Waals surface area contributed by atoms with Crippen molar-refractivity contribution in [1.29, 1.82) is 0 Å². The molecule has 2 rings (SSSR count). The van der Waals surface area contributed by atoms with Crippen LogP contribution in [0.4, 0.5) is 8.78 Å². The van der Waals surface area contributed by atoms with E-state index in [-0.39, 0.29) is 5.56 Å². The number of nitrogens with zero attached hydrogens (tertiary/aromatic N) is 2. The molecule has 2 aromatic rings. The monoisotopic (exact) mass is 235 g/mol. The highest BCUT2D eigenvalue weighted by molar-refractivity contribution is 5.59. The number of aromatic nitrogens is 2. The molecule has 3 nitrogen and oxygen atoms in total. The Labute approximate surface area is 97.5 Å². The molecule has 5 heteroatoms. The fourth-order valence-electron chi connectivity index (χ4n) is 1.49. The Morgan fingerprint density at radius 2 is 2.06 bits per heavy atom. The van der Waals surface area contributed by atoms with E-state index in [0.717, 1.165) is 6.07 Å². The number of hydrogen-bond donors (Lipinski definition) is 1. The molecule has 88 valence electrons. The van der Waals surface area contributed by atoms with Gasteiger partial charge < -0.3 is 5.32 Å². The van der Waals surface area contributed by atoms with Crippen molar-refractivity contribution in [2.75, 3.05) is 7.05 Å². The van der Waals surface area contributed by atoms with E-state index in [1.807, 2.05) is 0 Å². The predicted octanol–water partition coefficient (Wildman–Crippen LogP) is 2.14. The average molecular weight is 235 g/mol. The number of nitrogens with one attached hydrogen (secondary N) is 1. The second kappa shape index (κ2) is 4.97. The first-order valence-corrected chi connectivity index (χ1v) is 5.12. The number of benzene rings is 1. The van der Waals surface area contributed by atoms with Crippen molar-refractivity contribution in [3.63, 3.8) is 0 Å². The molecule has 1 aromatic heterocycles. The Kier molecular flexibility index (Phi) is 3.39. The lowest BCUT2D eigenvalue weighted by Gasteiger charge is -2.04. The first kappa shape index (κ1) is 11.6. The fourth-order valence-corrected chi connectivity index (χ4v) is 1.49. The minimum Gasteiger partial charge on any atom is -0.313 e. The molecule has 1 heterocycles. The summed E-state index contributed by atoms with van der Waals surface area (Å²) in [6, 6.07) is 5.01. The lowest BCUT2D eigenvalue weighted by Crippen LogP contribution is -2.09. The van der Waals surface area contributed by atoms with Gasteiger partial charge in [-0.1, -0.05) is 0 Å². The van der Waals surface area contributed by atoms with Crippen molar-refractivity contribution < 1.29 is 8.78 Å². The highest BCUT2D eigenvalue weighted by Gasteiger charge is 2.08. The van der Waals surface area contributed by atoms with Crippen LogP contribution < -0.4 is 5.32 Å². The summed E-state index contributed by atoms with van der Waals surface area (Å²) in [7, 11) is 1.77. The molecule has 0 unspecified atom stereocenters. The van der Waals surface area contributed by atoms with Crippen LogP contribution in [0.25, 0.3) is 11.3 Å². The Bertz CT molecular complexity index is 529. The molecule has 1 N–H and O–H groups in total. The second-order valence-electron chi connectivity index (χ2n) is 3.51. The first-order chi connectivity index (χ1) is 8.20. The molecular weight excluding hydrogens is 224 g/mol. The normalized spacial score (nSPS) is 10.5. The van der Waals surface area contributed by atoms with E-state index in [1.165, 1.54) is 12.1 Å². The predicted molar refractivity (Wildman–Crippen MR) is 60.1 cm³/mol. The van der Waals surface area contributed by atoms with Gasteiger partial charge in [0.05, 0.1) is 12.2 Å². The van der Waals surface area contributed by atoms with Crippen LogP contribution in [0.2, 0.25) is 0 Å². The minimum atomic E-state index is -0.626. The van der Waals surface area contributed by atoms with Gasteiger partial charge in [0.15, 0.2) is 0 Å². The van der Waals surface area contributed by atoms with Crippen LogP contribution >= 0.6 is 0 Å². The number of halogens is 2. The smallest absolute Gasteiger partial charge is 0.142 e. The summed E-state index contributed by atoms with van der Waals surface area (Å²) < 4.78 is 26.3. The Morgan fingerprint density at radius 3 is 2.76 bits per heavy atom. The molecule has 0 spiro atoms. The lowest BCUT2D eigenvalue weighted by atomic mass is 10.1. The summed E-state index contributed by atoms with van der Waals surface area (Å²) in [4.78, 5) is 8.22. The van der Waals surface area contributed by atoms with Gasteiger partial charge in [-0.05, 0) is 25.2 Å². The fraction of sp³-hybridized carbons (Fsp3) is 0.167. The van der Waals surface area contributed by atoms with Crippen molar-refractivity contribution >= 4 is 0 Å². The van der Waals surface area contributed by atoms with Crippen molar-refractivity contribution in [2.24, 2.45) is 0 Å². The van der Waals surface area contributed by atoms with Crippen LogP contribution in [0.3, 0.4) is 0 Å². The van der Waals surface area contributed by atoms with E-state index < -0.39 is 11.6 Å². The lowest BCUT2D eigenvalue weighted by molar-refractivity contribution is 0.585. The highest BCUT2D eigenvalue weighted by Crippen LogP contribution is 2.21. The molecule has 0 saturated heterocycles. The van der Waals surface area contributed by atoms with Gasteiger partial charge in [-0.2, -0.15) is 0 Å². The van der Waals surface area contributed by atoms with Crippen LogP contribution in [0, 0.1) is 11.6 Å². The van der Waals surface area contributed by atoms with E-state index in [4.69, 9.17) is 0 Å². The van der Waals surface area contributed by atoms with E-state index in [1.54, 1.807) is 19.3 Å². The van der Waals surface area contributed by atoms with Crippen LogP contribution in [-0.4, -0.2) is 17.0 Å². The molecule has 0 aliphatic carbocycles. The van der Waals surface area contributed by atoms with Crippen LogP contribution in [-0.2, 0) is 6.54 Å². The van der Waals surface area contributed by atoms with Gasteiger partial charge in [0.25, 0.3) is 0 Å². The third-order valence-electron chi connectivity index (χ3n) is 2.25. The van der Waals surface area contributed by atoms with Crippen molar-refractivity contribution in [3.8, 4) is 11.3 Å². The second-order valence-corrected chi connectivity index (χ2v) is 3.51. The highest BCUT2D eigenvalue weighted by atomic mass is 19.1. The van der Waals surface area contributed by atoms with E-state index in [2.05, 4.69) is 15.3 Å². The Hall–Kier alpha value is -1.88. The number of rotatable bonds is 3. The molecule has 0 amide bonds. The summed E-state index contributed by atoms with van der Waals surface area (Å²) >= 11 is 0. The summed E-state index contributed by atoms with van der Waals surface area (Å²) in [6.45, 7) is 0.497. The summed E-state index contributed by atoms with van der Waals surface area (Å²) in [5.74, 6) is -0.663. The van der Waals surface area contributed by atoms with Gasteiger partial charge in [0, 0.05) is 17.8 Å². The van der Waals surface area contributed by atoms with Crippen molar-refractivity contribution in [2.45, 2.75) is 6.54 Å². The summed E-state index contributed by atoms with van der Waals surface area (Å²) in [5.41, 5.74) is 0.717. The maximum Gasteiger partial charge on any atom is 0.142 e. The molecule has 1 aromatic carbocycles. The molecule has 0 aliphatic rings. The molecule has 0 atom stereocenters. The van der Waals surface area contributed by atoms with Gasteiger partial charge in [-0.25, -0.2) is 18.7 Å². The minimum absolute atomic E-state index is 0.270. The topological polar surface area (TPSA) is 37.8 Å². The van der Waals surface area contributed by atoms with Crippen molar-refractivity contribution in [1.82, 2.24) is 15.3 Å². The zero-order valence-corrected chi connectivity index (χ0v) is 9.24. The van der Waals surface area contributed by atoms with Crippen LogP contribution in [0.1, 0.15) is 5.82 Å². The summed E-state index contributed by atoms with van der Waals surface area (Å²) in [5, 5.41) is 2.91. The molecule has 0 saturated carbocycles. The van der Waals surface area contributed by atoms with Gasteiger partial charge in [0.1, 0.15) is 17.5 Å². The summed E-state index contributed by atoms with van der Waals surface area (Å²) in [6.07, 6.45) is 1.55. The molecule has 0 bridgehead atoms. The average Bonchev–Trinajstić information content (AvgIpc) is 2.29. The van der Waals surface area contributed by atoms with Crippen LogP contribution in [0.5, 0.6) is 0 Å². The Morgan fingerprint density at radius 1 is 1.24 bits per heavy atom. The largest absolute Gasteiger partial charge is 0.313 e. The SMILES string of the molecule is CNCc1nccc(-c2ccc(F)cc2F)n1. The van der Waals surface area contributed by atoms with Crippen molar-refractivity contribution in [3.05, 3.63) is 47.9 Å². The Balaban J connectivity index is 2.42. The first-order valence-electron chi connectivity index (χ1n) is 5.12. The van der Waals surface area contributed by atoms with E-state index in [0.29, 0.717) is 18.1 Å². The molecule has 0 aliphatic heterocycles. The number of hydrogen-bond acceptors (Lipinski definition) is 3. The molecular formula is C12H11F2N3. The molecule has 17 heavy (non-hydrogen) atoms. The molecule has 0 radical (unpaired) electrons. The standard InChI is InChI=1S/C12H11F2N3/c1-15-7-12-16-5-4-11(17-12)9-3-2-8(13)6-10(9)14/h2-6,15H,7H2,1H3. The van der Waals surface area contributed by atoms with Crippen LogP contribution in [0.15, 0.2) is 30.5 Å². The quantitative estimate of drug-likeness (QED) is 0.885. The van der Waals surface area contributed by atoms with E-state index >= 15 is 0 Å². The van der Waals surface area contributed by atoms with Gasteiger partial charge in [0.2, 0.25) is 0 Å². The van der Waals surface area contributed by atoms with Gasteiger partial charge in [-0.3, -0.25) is 0 Å². The van der Waals surface area contributed by atoms with E-state index in [9.17, 15) is 8.78 Å².